The molecule has 1 aromatic carbocycles. The van der Waals surface area contributed by atoms with Gasteiger partial charge in [-0.1, -0.05) is 23.7 Å². The van der Waals surface area contributed by atoms with Crippen LogP contribution < -0.4 is 0 Å². The number of hydrogen-bond acceptors (Lipinski definition) is 4. The number of halogens is 1. The molecule has 0 fully saturated rings. The lowest BCUT2D eigenvalue weighted by atomic mass is 10.2. The van der Waals surface area contributed by atoms with Crippen LogP contribution in [-0.2, 0) is 16.6 Å². The summed E-state index contributed by atoms with van der Waals surface area (Å²) >= 11 is 5.89. The number of aryl methyl sites for hydroxylation is 1. The number of oxazole rings is 1. The molecule has 2 aromatic heterocycles. The lowest BCUT2D eigenvalue weighted by molar-refractivity contribution is 0.500. The summed E-state index contributed by atoms with van der Waals surface area (Å²) in [6.45, 7) is 3.75. The second kappa shape index (κ2) is 6.72. The molecule has 120 valence electrons. The molecule has 0 amide bonds. The van der Waals surface area contributed by atoms with E-state index in [1.807, 2.05) is 26.0 Å². The molecule has 3 aromatic rings. The number of nitrogens with zero attached hydrogens (tertiary/aromatic N) is 1. The first-order chi connectivity index (χ1) is 11.0. The average Bonchev–Trinajstić information content (AvgIpc) is 3.18. The largest absolute Gasteiger partial charge is 0.459 e. The van der Waals surface area contributed by atoms with Crippen LogP contribution in [0.4, 0.5) is 0 Å². The van der Waals surface area contributed by atoms with Crippen LogP contribution in [0.15, 0.2) is 51.5 Å². The zero-order valence-electron chi connectivity index (χ0n) is 12.8. The van der Waals surface area contributed by atoms with Crippen molar-refractivity contribution in [3.8, 4) is 11.7 Å². The van der Waals surface area contributed by atoms with Crippen molar-refractivity contribution >= 4 is 22.4 Å². The first-order valence-corrected chi connectivity index (χ1v) is 8.93. The van der Waals surface area contributed by atoms with E-state index in [1.54, 1.807) is 30.5 Å². The van der Waals surface area contributed by atoms with Crippen LogP contribution in [0.3, 0.4) is 0 Å². The Labute approximate surface area is 141 Å². The molecule has 0 saturated carbocycles. The van der Waals surface area contributed by atoms with E-state index < -0.39 is 10.8 Å². The Morgan fingerprint density at radius 1 is 1.26 bits per heavy atom. The van der Waals surface area contributed by atoms with Gasteiger partial charge in [0.2, 0.25) is 0 Å². The van der Waals surface area contributed by atoms with E-state index >= 15 is 0 Å². The molecule has 0 bridgehead atoms. The van der Waals surface area contributed by atoms with Crippen molar-refractivity contribution in [2.45, 2.75) is 24.9 Å². The highest BCUT2D eigenvalue weighted by molar-refractivity contribution is 7.84. The summed E-state index contributed by atoms with van der Waals surface area (Å²) < 4.78 is 23.5. The smallest absolute Gasteiger partial charge is 0.263 e. The maximum absolute atomic E-state index is 12.6. The molecule has 6 heteroatoms. The summed E-state index contributed by atoms with van der Waals surface area (Å²) in [6.07, 6.45) is 1.56. The summed E-state index contributed by atoms with van der Waals surface area (Å²) in [5.41, 5.74) is 1.68. The second-order valence-electron chi connectivity index (χ2n) is 5.22. The van der Waals surface area contributed by atoms with Crippen molar-refractivity contribution in [1.82, 2.24) is 4.98 Å². The first kappa shape index (κ1) is 16.0. The van der Waals surface area contributed by atoms with Crippen LogP contribution in [0.2, 0.25) is 5.02 Å². The zero-order valence-corrected chi connectivity index (χ0v) is 14.4. The van der Waals surface area contributed by atoms with E-state index in [-0.39, 0.29) is 5.25 Å². The summed E-state index contributed by atoms with van der Waals surface area (Å²) in [7, 11) is -1.11. The molecule has 0 spiro atoms. The molecule has 0 unspecified atom stereocenters. The van der Waals surface area contributed by atoms with Crippen molar-refractivity contribution in [2.75, 3.05) is 0 Å². The van der Waals surface area contributed by atoms with Gasteiger partial charge < -0.3 is 8.83 Å². The highest BCUT2D eigenvalue weighted by atomic mass is 35.5. The molecule has 0 aliphatic heterocycles. The van der Waals surface area contributed by atoms with Crippen LogP contribution in [0.25, 0.3) is 11.7 Å². The minimum absolute atomic E-state index is 0.115. The maximum atomic E-state index is 12.6. The molecule has 0 radical (unpaired) electrons. The first-order valence-electron chi connectivity index (χ1n) is 7.17. The Morgan fingerprint density at radius 3 is 2.65 bits per heavy atom. The lowest BCUT2D eigenvalue weighted by Gasteiger charge is -2.11. The molecule has 0 aliphatic carbocycles. The van der Waals surface area contributed by atoms with Crippen LogP contribution in [-0.4, -0.2) is 9.19 Å². The Hall–Kier alpha value is -1.85. The third kappa shape index (κ3) is 3.57. The Bertz CT molecular complexity index is 809. The molecule has 0 saturated heterocycles. The van der Waals surface area contributed by atoms with E-state index in [4.69, 9.17) is 20.4 Å². The third-order valence-electron chi connectivity index (χ3n) is 3.64. The van der Waals surface area contributed by atoms with Crippen LogP contribution >= 0.6 is 11.6 Å². The minimum Gasteiger partial charge on any atom is -0.459 e. The highest BCUT2D eigenvalue weighted by Crippen LogP contribution is 2.26. The SMILES string of the molecule is Cc1oc(-c2ccco2)nc1C[S@@](=O)[C@@H](C)c1ccc(Cl)cc1. The van der Waals surface area contributed by atoms with E-state index in [0.717, 1.165) is 5.56 Å². The Kier molecular flexibility index (Phi) is 4.68. The average molecular weight is 350 g/mol. The summed E-state index contributed by atoms with van der Waals surface area (Å²) in [5, 5.41) is 0.553. The summed E-state index contributed by atoms with van der Waals surface area (Å²) in [5.74, 6) is 1.97. The van der Waals surface area contributed by atoms with Gasteiger partial charge in [0, 0.05) is 15.8 Å². The zero-order chi connectivity index (χ0) is 16.4. The molecular formula is C17H16ClNO3S. The number of rotatable bonds is 5. The number of hydrogen-bond donors (Lipinski definition) is 0. The molecule has 4 nitrogen and oxygen atoms in total. The van der Waals surface area contributed by atoms with Gasteiger partial charge in [0.15, 0.2) is 5.76 Å². The summed E-state index contributed by atoms with van der Waals surface area (Å²) in [6, 6.07) is 11.0. The number of furan rings is 1. The van der Waals surface area contributed by atoms with Crippen LogP contribution in [0.5, 0.6) is 0 Å². The standard InChI is InChI=1S/C17H16ClNO3S/c1-11-15(19-17(22-11)16-4-3-9-21-16)10-23(20)12(2)13-5-7-14(18)8-6-13/h3-9,12H,10H2,1-2H3/t12-,23+/m0/s1. The normalized spacial score (nSPS) is 13.9. The Balaban J connectivity index is 1.76. The van der Waals surface area contributed by atoms with Gasteiger partial charge in [0.25, 0.3) is 5.89 Å². The molecule has 2 heterocycles. The van der Waals surface area contributed by atoms with E-state index in [1.165, 1.54) is 0 Å². The topological polar surface area (TPSA) is 56.2 Å². The monoisotopic (exact) mass is 349 g/mol. The van der Waals surface area contributed by atoms with Gasteiger partial charge in [-0.2, -0.15) is 0 Å². The van der Waals surface area contributed by atoms with Gasteiger partial charge in [0.1, 0.15) is 5.76 Å². The Morgan fingerprint density at radius 2 is 2.00 bits per heavy atom. The molecular weight excluding hydrogens is 334 g/mol. The highest BCUT2D eigenvalue weighted by Gasteiger charge is 2.19. The molecule has 2 atom stereocenters. The maximum Gasteiger partial charge on any atom is 0.263 e. The number of aromatic nitrogens is 1. The quantitative estimate of drug-likeness (QED) is 0.657. The van der Waals surface area contributed by atoms with E-state index in [9.17, 15) is 4.21 Å². The number of benzene rings is 1. The van der Waals surface area contributed by atoms with E-state index in [2.05, 4.69) is 4.98 Å². The van der Waals surface area contributed by atoms with Gasteiger partial charge in [-0.3, -0.25) is 4.21 Å². The minimum atomic E-state index is -1.11. The van der Waals surface area contributed by atoms with Crippen molar-refractivity contribution in [2.24, 2.45) is 0 Å². The van der Waals surface area contributed by atoms with Crippen molar-refractivity contribution in [3.63, 3.8) is 0 Å². The van der Waals surface area contributed by atoms with Crippen LogP contribution in [0.1, 0.15) is 29.2 Å². The van der Waals surface area contributed by atoms with Gasteiger partial charge in [0.05, 0.1) is 23.0 Å². The van der Waals surface area contributed by atoms with Gasteiger partial charge >= 0.3 is 0 Å². The fourth-order valence-corrected chi connectivity index (χ4v) is 3.59. The van der Waals surface area contributed by atoms with E-state index in [0.29, 0.717) is 33.9 Å². The van der Waals surface area contributed by atoms with Crippen LogP contribution in [0, 0.1) is 6.92 Å². The van der Waals surface area contributed by atoms with Gasteiger partial charge in [-0.05, 0) is 43.7 Å². The molecule has 0 N–H and O–H groups in total. The van der Waals surface area contributed by atoms with Gasteiger partial charge in [-0.15, -0.1) is 0 Å². The molecule has 23 heavy (non-hydrogen) atoms. The molecule has 0 aliphatic rings. The van der Waals surface area contributed by atoms with Gasteiger partial charge in [-0.25, -0.2) is 4.98 Å². The fraction of sp³-hybridized carbons (Fsp3) is 0.235. The predicted molar refractivity (Wildman–Crippen MR) is 90.7 cm³/mol. The van der Waals surface area contributed by atoms with Crippen molar-refractivity contribution in [3.05, 3.63) is 64.7 Å². The third-order valence-corrected chi connectivity index (χ3v) is 5.51. The predicted octanol–water partition coefficient (Wildman–Crippen LogP) is 4.91. The van der Waals surface area contributed by atoms with Crippen molar-refractivity contribution in [1.29, 1.82) is 0 Å². The van der Waals surface area contributed by atoms with Crippen molar-refractivity contribution < 1.29 is 13.0 Å². The summed E-state index contributed by atoms with van der Waals surface area (Å²) in [4.78, 5) is 4.41. The lowest BCUT2D eigenvalue weighted by Crippen LogP contribution is -2.06. The molecule has 3 rings (SSSR count). The fourth-order valence-electron chi connectivity index (χ4n) is 2.21. The second-order valence-corrected chi connectivity index (χ2v) is 7.41.